The summed E-state index contributed by atoms with van der Waals surface area (Å²) in [6.07, 6.45) is 0. The molecule has 0 saturated heterocycles. The van der Waals surface area contributed by atoms with E-state index < -0.39 is 23.3 Å². The van der Waals surface area contributed by atoms with Gasteiger partial charge in [0.1, 0.15) is 0 Å². The average Bonchev–Trinajstić information content (AvgIpc) is 1.30. The first-order chi connectivity index (χ1) is 3.06. The molecule has 0 heterocycles. The monoisotopic (exact) mass is 140 g/mol. The predicted molar refractivity (Wildman–Crippen MR) is 19.6 cm³/mol. The Morgan fingerprint density at radius 2 is 2.00 bits per heavy atom. The first-order valence-electron chi connectivity index (χ1n) is 1.24. The van der Waals surface area contributed by atoms with Gasteiger partial charge in [-0.1, -0.05) is 0 Å². The maximum atomic E-state index is 9.52. The zero-order valence-corrected chi connectivity index (χ0v) is 5.19. The molecule has 0 fully saturated rings. The summed E-state index contributed by atoms with van der Waals surface area (Å²) in [7, 11) is -4.44. The minimum absolute atomic E-state index is 1.80. The summed E-state index contributed by atoms with van der Waals surface area (Å²) in [4.78, 5) is 15.5. The van der Waals surface area contributed by atoms with Crippen molar-refractivity contribution >= 4 is 23.3 Å². The van der Waals surface area contributed by atoms with Crippen LogP contribution in [0.1, 0.15) is 0 Å². The predicted octanol–water partition coefficient (Wildman–Crippen LogP) is -0.940. The first-order valence-corrected chi connectivity index (χ1v) is 3.71. The van der Waals surface area contributed by atoms with Crippen LogP contribution in [0.25, 0.3) is 0 Å². The quantitative estimate of drug-likeness (QED) is 0.382. The fourth-order valence-corrected chi connectivity index (χ4v) is 0.505. The number of hydrogen-bond donors (Lipinski definition) is 2. The van der Waals surface area contributed by atoms with Crippen LogP contribution < -0.4 is 0 Å². The normalized spacial score (nSPS) is 10.0. The molecule has 7 heavy (non-hydrogen) atoms. The molecule has 0 radical (unpaired) electrons. The van der Waals surface area contributed by atoms with Crippen molar-refractivity contribution in [1.82, 2.24) is 0 Å². The second kappa shape index (κ2) is 2.56. The van der Waals surface area contributed by atoms with Crippen molar-refractivity contribution in [2.75, 3.05) is 0 Å². The van der Waals surface area contributed by atoms with Crippen LogP contribution in [0.2, 0.25) is 0 Å². The van der Waals surface area contributed by atoms with E-state index in [9.17, 15) is 8.37 Å². The summed E-state index contributed by atoms with van der Waals surface area (Å²) in [6.45, 7) is 0. The SMILES string of the molecule is [O]=[Al][O]P(=O)(O)O. The molecule has 0 bridgehead atoms. The summed E-state index contributed by atoms with van der Waals surface area (Å²) in [5, 5.41) is 0. The van der Waals surface area contributed by atoms with E-state index in [1.54, 1.807) is 0 Å². The van der Waals surface area contributed by atoms with Gasteiger partial charge in [-0.15, -0.1) is 0 Å². The fourth-order valence-electron chi connectivity index (χ4n) is 0.0561. The molecule has 0 aliphatic rings. The zero-order valence-electron chi connectivity index (χ0n) is 3.14. The van der Waals surface area contributed by atoms with Gasteiger partial charge in [0, 0.05) is 0 Å². The Morgan fingerprint density at radius 3 is 2.00 bits per heavy atom. The van der Waals surface area contributed by atoms with Gasteiger partial charge >= 0.3 is 45.0 Å². The van der Waals surface area contributed by atoms with Crippen molar-refractivity contribution < 1.29 is 21.7 Å². The molecule has 0 aliphatic carbocycles. The molecule has 0 aliphatic heterocycles. The second-order valence-electron chi connectivity index (χ2n) is 0.692. The standard InChI is InChI=1S/Al.H3O4P.O/c;1-5(2,3)4;/h;(H3,1,2,3,4);/q+1;;/p-1. The van der Waals surface area contributed by atoms with Gasteiger partial charge in [-0.2, -0.15) is 0 Å². The van der Waals surface area contributed by atoms with Gasteiger partial charge < -0.3 is 0 Å². The van der Waals surface area contributed by atoms with E-state index in [4.69, 9.17) is 9.79 Å². The van der Waals surface area contributed by atoms with Gasteiger partial charge in [-0.05, 0) is 0 Å². The molecule has 0 amide bonds. The summed E-state index contributed by atoms with van der Waals surface area (Å²) in [5.74, 6) is 0. The van der Waals surface area contributed by atoms with E-state index in [2.05, 4.69) is 3.58 Å². The molecule has 5 nitrogen and oxygen atoms in total. The van der Waals surface area contributed by atoms with Gasteiger partial charge in [0.2, 0.25) is 0 Å². The molecule has 0 atom stereocenters. The Labute approximate surface area is 45.8 Å². The molecule has 0 unspecified atom stereocenters. The van der Waals surface area contributed by atoms with E-state index in [1.807, 2.05) is 0 Å². The van der Waals surface area contributed by atoms with E-state index in [-0.39, 0.29) is 0 Å². The Hall–Kier alpha value is 0.282. The van der Waals surface area contributed by atoms with Crippen molar-refractivity contribution in [3.63, 3.8) is 0 Å². The molecule has 0 aromatic heterocycles. The van der Waals surface area contributed by atoms with Crippen molar-refractivity contribution in [3.8, 4) is 0 Å². The van der Waals surface area contributed by atoms with E-state index in [1.165, 1.54) is 0 Å². The van der Waals surface area contributed by atoms with Crippen molar-refractivity contribution in [2.24, 2.45) is 0 Å². The second-order valence-corrected chi connectivity index (χ2v) is 2.71. The molecular formula is H2AlO5P. The van der Waals surface area contributed by atoms with Gasteiger partial charge in [-0.25, -0.2) is 0 Å². The Bertz CT molecular complexity index is 101. The molecule has 2 N–H and O–H groups in total. The molecule has 0 aromatic carbocycles. The minimum atomic E-state index is -4.44. The van der Waals surface area contributed by atoms with Crippen molar-refractivity contribution in [3.05, 3.63) is 0 Å². The Balaban J connectivity index is 3.57. The van der Waals surface area contributed by atoms with Gasteiger partial charge in [0.05, 0.1) is 0 Å². The van der Waals surface area contributed by atoms with Crippen LogP contribution in [0.15, 0.2) is 0 Å². The summed E-state index contributed by atoms with van der Waals surface area (Å²) in [6, 6.07) is 0. The molecule has 0 aromatic rings. The number of rotatable bonds is 2. The third kappa shape index (κ3) is 6.28. The zero-order chi connectivity index (χ0) is 5.91. The van der Waals surface area contributed by atoms with Crippen LogP contribution in [0.3, 0.4) is 0 Å². The summed E-state index contributed by atoms with van der Waals surface area (Å²) < 4.78 is 22.3. The number of hydrogen-bond acceptors (Lipinski definition) is 3. The molecule has 7 heteroatoms. The molecule has 0 spiro atoms. The molecule has 40 valence electrons. The Kier molecular flexibility index (Phi) is 2.66. The van der Waals surface area contributed by atoms with Crippen LogP contribution in [-0.2, 0) is 11.9 Å². The van der Waals surface area contributed by atoms with Gasteiger partial charge in [-0.3, -0.25) is 0 Å². The van der Waals surface area contributed by atoms with E-state index >= 15 is 0 Å². The molecule has 0 rings (SSSR count). The maximum absolute atomic E-state index is 9.52. The average molecular weight is 140 g/mol. The topological polar surface area (TPSA) is 83.8 Å². The van der Waals surface area contributed by atoms with Gasteiger partial charge in [0.25, 0.3) is 0 Å². The molecule has 0 saturated carbocycles. The molecular weight excluding hydrogens is 138 g/mol. The van der Waals surface area contributed by atoms with E-state index in [0.29, 0.717) is 0 Å². The summed E-state index contributed by atoms with van der Waals surface area (Å²) >= 11 is -1.80. The first kappa shape index (κ1) is 7.28. The summed E-state index contributed by atoms with van der Waals surface area (Å²) in [5.41, 5.74) is 0. The third-order valence-electron chi connectivity index (χ3n) is 0.180. The number of phosphoric acid groups is 1. The Morgan fingerprint density at radius 1 is 1.57 bits per heavy atom. The van der Waals surface area contributed by atoms with Crippen LogP contribution in [0, 0.1) is 0 Å². The van der Waals surface area contributed by atoms with E-state index in [0.717, 1.165) is 0 Å². The third-order valence-corrected chi connectivity index (χ3v) is 1.62. The van der Waals surface area contributed by atoms with Crippen LogP contribution in [0.5, 0.6) is 0 Å². The van der Waals surface area contributed by atoms with Crippen molar-refractivity contribution in [2.45, 2.75) is 0 Å². The van der Waals surface area contributed by atoms with Gasteiger partial charge in [0.15, 0.2) is 0 Å². The van der Waals surface area contributed by atoms with Crippen molar-refractivity contribution in [1.29, 1.82) is 0 Å². The fraction of sp³-hybridized carbons (Fsp3) is 0. The van der Waals surface area contributed by atoms with Crippen LogP contribution in [-0.4, -0.2) is 25.3 Å². The van der Waals surface area contributed by atoms with Crippen LogP contribution >= 0.6 is 7.82 Å². The van der Waals surface area contributed by atoms with Crippen LogP contribution in [0.4, 0.5) is 0 Å².